The minimum absolute atomic E-state index is 0.0231. The van der Waals surface area contributed by atoms with Gasteiger partial charge in [0.25, 0.3) is 9.70 Å². The molecule has 4 aromatic rings. The van der Waals surface area contributed by atoms with Crippen molar-refractivity contribution in [2.24, 2.45) is 5.92 Å². The predicted molar refractivity (Wildman–Crippen MR) is 207 cm³/mol. The summed E-state index contributed by atoms with van der Waals surface area (Å²) in [5, 5.41) is 15.4. The summed E-state index contributed by atoms with van der Waals surface area (Å²) in [7, 11) is 0. The number of carbonyl (C=O) groups is 2. The van der Waals surface area contributed by atoms with Crippen LogP contribution in [0.5, 0.6) is 0 Å². The Kier molecular flexibility index (Phi) is 11.3. The molecule has 0 saturated carbocycles. The molecule has 0 radical (unpaired) electrons. The van der Waals surface area contributed by atoms with Crippen molar-refractivity contribution in [1.29, 1.82) is 0 Å². The van der Waals surface area contributed by atoms with E-state index < -0.39 is 21.5 Å². The van der Waals surface area contributed by atoms with E-state index in [9.17, 15) is 14.7 Å². The quantitative estimate of drug-likeness (QED) is 0.157. The van der Waals surface area contributed by atoms with E-state index in [0.29, 0.717) is 13.2 Å². The standard InChI is InChI=1S/C41H43Cl3N4O5/c1-27-35(24-47-20-18-40(19-21-47)38(50)46-26-48(40)34-8-3-2-4-9-34)52-37(53-36(27)31-12-10-28(25-49)11-13-31)32-16-14-30(15-17-32)33-7-5-6-29(22-33)23-45-39(51)41(42,43)44/h2-17,22,27,35-37,49H,18-21,23-26H2,1H3,(H,45,51)(H,46,50)/t27-,35+,36+,37+/m1/s1. The molecule has 278 valence electrons. The molecule has 3 heterocycles. The van der Waals surface area contributed by atoms with Gasteiger partial charge >= 0.3 is 0 Å². The number of alkyl halides is 3. The van der Waals surface area contributed by atoms with Crippen LogP contribution in [-0.2, 0) is 32.2 Å². The van der Waals surface area contributed by atoms with E-state index in [1.807, 2.05) is 91.0 Å². The van der Waals surface area contributed by atoms with Crippen molar-refractivity contribution in [1.82, 2.24) is 15.5 Å². The Morgan fingerprint density at radius 3 is 2.26 bits per heavy atom. The summed E-state index contributed by atoms with van der Waals surface area (Å²) in [4.78, 5) is 30.0. The zero-order valence-electron chi connectivity index (χ0n) is 29.4. The number of hydrogen-bond acceptors (Lipinski definition) is 7. The molecule has 4 aromatic carbocycles. The third-order valence-electron chi connectivity index (χ3n) is 10.8. The van der Waals surface area contributed by atoms with Crippen LogP contribution in [0.25, 0.3) is 11.1 Å². The fourth-order valence-electron chi connectivity index (χ4n) is 7.70. The second-order valence-corrected chi connectivity index (χ2v) is 16.4. The number of rotatable bonds is 9. The van der Waals surface area contributed by atoms with Crippen LogP contribution in [-0.4, -0.2) is 63.6 Å². The fraction of sp³-hybridized carbons (Fsp3) is 0.366. The van der Waals surface area contributed by atoms with Crippen LogP contribution in [0.2, 0.25) is 0 Å². The number of nitrogens with one attached hydrogen (secondary N) is 2. The van der Waals surface area contributed by atoms with Gasteiger partial charge in [-0.15, -0.1) is 0 Å². The second kappa shape index (κ2) is 16.0. The predicted octanol–water partition coefficient (Wildman–Crippen LogP) is 7.05. The number of benzene rings is 4. The molecule has 3 aliphatic rings. The first kappa shape index (κ1) is 37.6. The summed E-state index contributed by atoms with van der Waals surface area (Å²) < 4.78 is 11.5. The molecule has 0 aliphatic carbocycles. The molecular weight excluding hydrogens is 735 g/mol. The number of carbonyl (C=O) groups excluding carboxylic acids is 2. The third-order valence-corrected chi connectivity index (χ3v) is 11.3. The Balaban J connectivity index is 1.07. The van der Waals surface area contributed by atoms with Crippen molar-refractivity contribution in [2.75, 3.05) is 31.2 Å². The largest absolute Gasteiger partial charge is 0.392 e. The van der Waals surface area contributed by atoms with E-state index in [1.54, 1.807) is 0 Å². The first-order valence-corrected chi connectivity index (χ1v) is 19.1. The molecule has 7 rings (SSSR count). The highest BCUT2D eigenvalue weighted by molar-refractivity contribution is 6.76. The van der Waals surface area contributed by atoms with Gasteiger partial charge in [-0.05, 0) is 58.9 Å². The van der Waals surface area contributed by atoms with Gasteiger partial charge in [0.15, 0.2) is 6.29 Å². The smallest absolute Gasteiger partial charge is 0.272 e. The number of likely N-dealkylation sites (tertiary alicyclic amines) is 1. The molecule has 3 saturated heterocycles. The van der Waals surface area contributed by atoms with Crippen LogP contribution >= 0.6 is 34.8 Å². The molecule has 4 atom stereocenters. The SMILES string of the molecule is C[C@@H]1[C@H](CN2CCC3(CC2)C(=O)NCN3c2ccccc2)O[C@H](c2ccc(-c3cccc(CNC(=O)C(Cl)(Cl)Cl)c3)cc2)O[C@@H]1c1ccc(CO)cc1. The lowest BCUT2D eigenvalue weighted by Gasteiger charge is -2.46. The third kappa shape index (κ3) is 8.22. The van der Waals surface area contributed by atoms with Crippen molar-refractivity contribution in [3.05, 3.63) is 125 Å². The molecule has 12 heteroatoms. The number of aliphatic hydroxyl groups excluding tert-OH is 1. The lowest BCUT2D eigenvalue weighted by atomic mass is 9.84. The van der Waals surface area contributed by atoms with Crippen LogP contribution in [0, 0.1) is 5.92 Å². The topological polar surface area (TPSA) is 103 Å². The van der Waals surface area contributed by atoms with Crippen LogP contribution in [0.4, 0.5) is 5.69 Å². The van der Waals surface area contributed by atoms with Gasteiger partial charge in [0.05, 0.1) is 25.5 Å². The highest BCUT2D eigenvalue weighted by Gasteiger charge is 2.51. The Morgan fingerprint density at radius 2 is 1.58 bits per heavy atom. The number of piperidine rings is 1. The number of ether oxygens (including phenoxy) is 2. The first-order valence-electron chi connectivity index (χ1n) is 17.9. The summed E-state index contributed by atoms with van der Waals surface area (Å²) in [6, 6.07) is 34.0. The number of nitrogens with zero attached hydrogens (tertiary/aromatic N) is 2. The van der Waals surface area contributed by atoms with Crippen molar-refractivity contribution < 1.29 is 24.2 Å². The van der Waals surface area contributed by atoms with Gasteiger partial charge in [0, 0.05) is 43.3 Å². The van der Waals surface area contributed by atoms with E-state index in [4.69, 9.17) is 44.3 Å². The minimum atomic E-state index is -2.02. The van der Waals surface area contributed by atoms with Gasteiger partial charge in [0.2, 0.25) is 5.91 Å². The zero-order chi connectivity index (χ0) is 37.2. The second-order valence-electron chi connectivity index (χ2n) is 14.1. The summed E-state index contributed by atoms with van der Waals surface area (Å²) >= 11 is 17.1. The Hall–Kier alpha value is -3.67. The maximum Gasteiger partial charge on any atom is 0.272 e. The average Bonchev–Trinajstić information content (AvgIpc) is 3.49. The van der Waals surface area contributed by atoms with Gasteiger partial charge in [-0.25, -0.2) is 0 Å². The van der Waals surface area contributed by atoms with E-state index in [2.05, 4.69) is 39.5 Å². The van der Waals surface area contributed by atoms with E-state index >= 15 is 0 Å². The molecule has 3 N–H and O–H groups in total. The molecule has 0 aromatic heterocycles. The zero-order valence-corrected chi connectivity index (χ0v) is 31.7. The number of aliphatic hydroxyl groups is 1. The summed E-state index contributed by atoms with van der Waals surface area (Å²) in [6.07, 6.45) is 0.454. The number of anilines is 1. The summed E-state index contributed by atoms with van der Waals surface area (Å²) in [6.45, 7) is 5.13. The van der Waals surface area contributed by atoms with Crippen molar-refractivity contribution in [3.8, 4) is 11.1 Å². The number of para-hydroxylation sites is 1. The Labute approximate surface area is 325 Å². The van der Waals surface area contributed by atoms with Crippen molar-refractivity contribution in [2.45, 2.75) is 60.7 Å². The van der Waals surface area contributed by atoms with Gasteiger partial charge in [-0.2, -0.15) is 0 Å². The molecule has 0 unspecified atom stereocenters. The van der Waals surface area contributed by atoms with E-state index in [0.717, 1.165) is 65.0 Å². The monoisotopic (exact) mass is 776 g/mol. The Morgan fingerprint density at radius 1 is 0.887 bits per heavy atom. The molecule has 1 spiro atoms. The number of hydrogen-bond donors (Lipinski definition) is 3. The fourth-order valence-corrected chi connectivity index (χ4v) is 7.90. The molecule has 0 bridgehead atoms. The summed E-state index contributed by atoms with van der Waals surface area (Å²) in [5.41, 5.74) is 6.10. The molecule has 3 aliphatic heterocycles. The lowest BCUT2D eigenvalue weighted by Crippen LogP contribution is -2.57. The van der Waals surface area contributed by atoms with Crippen molar-refractivity contribution >= 4 is 52.3 Å². The van der Waals surface area contributed by atoms with Crippen LogP contribution in [0.15, 0.2) is 103 Å². The van der Waals surface area contributed by atoms with Crippen LogP contribution < -0.4 is 15.5 Å². The highest BCUT2D eigenvalue weighted by Crippen LogP contribution is 2.43. The molecule has 53 heavy (non-hydrogen) atoms. The first-order chi connectivity index (χ1) is 25.5. The van der Waals surface area contributed by atoms with Crippen LogP contribution in [0.3, 0.4) is 0 Å². The summed E-state index contributed by atoms with van der Waals surface area (Å²) in [5.74, 6) is -0.549. The molecule has 2 amide bonds. The molecule has 9 nitrogen and oxygen atoms in total. The van der Waals surface area contributed by atoms with Gasteiger partial charge in [-0.1, -0.05) is 127 Å². The maximum atomic E-state index is 13.3. The normalized spacial score (nSPS) is 23.2. The number of amides is 2. The van der Waals surface area contributed by atoms with E-state index in [-0.39, 0.29) is 37.2 Å². The average molecular weight is 778 g/mol. The maximum absolute atomic E-state index is 13.3. The minimum Gasteiger partial charge on any atom is -0.392 e. The van der Waals surface area contributed by atoms with E-state index in [1.165, 1.54) is 0 Å². The lowest BCUT2D eigenvalue weighted by molar-refractivity contribution is -0.276. The molecule has 3 fully saturated rings. The highest BCUT2D eigenvalue weighted by atomic mass is 35.6. The van der Waals surface area contributed by atoms with Gasteiger partial charge in [-0.3, -0.25) is 9.59 Å². The van der Waals surface area contributed by atoms with Gasteiger partial charge < -0.3 is 35.0 Å². The van der Waals surface area contributed by atoms with Crippen molar-refractivity contribution in [3.63, 3.8) is 0 Å². The Bertz CT molecular complexity index is 1880. The number of halogens is 3. The van der Waals surface area contributed by atoms with Crippen LogP contribution in [0.1, 0.15) is 54.4 Å². The van der Waals surface area contributed by atoms with Gasteiger partial charge in [0.1, 0.15) is 5.54 Å². The molecular formula is C41H43Cl3N4O5.